The topological polar surface area (TPSA) is 38.3 Å². The van der Waals surface area contributed by atoms with Gasteiger partial charge in [-0.15, -0.1) is 0 Å². The Bertz CT molecular complexity index is 447. The van der Waals surface area contributed by atoms with Crippen LogP contribution < -0.4 is 5.32 Å². The Kier molecular flexibility index (Phi) is 3.43. The third-order valence-electron chi connectivity index (χ3n) is 3.46. The highest BCUT2D eigenvalue weighted by molar-refractivity contribution is 9.10. The van der Waals surface area contributed by atoms with Crippen LogP contribution in [0.15, 0.2) is 22.7 Å². The SMILES string of the molecule is CCC1(C(=O)OC)CCc2cccc(Br)c2N1. The van der Waals surface area contributed by atoms with E-state index in [1.54, 1.807) is 0 Å². The number of esters is 1. The number of carbonyl (C=O) groups excluding carboxylic acids is 1. The number of carbonyl (C=O) groups is 1. The molecule has 1 heterocycles. The van der Waals surface area contributed by atoms with Crippen molar-refractivity contribution in [2.24, 2.45) is 0 Å². The summed E-state index contributed by atoms with van der Waals surface area (Å²) in [4.78, 5) is 11.9. The Labute approximate surface area is 110 Å². The van der Waals surface area contributed by atoms with Gasteiger partial charge in [0.2, 0.25) is 0 Å². The third kappa shape index (κ3) is 2.06. The number of ether oxygens (including phenoxy) is 1. The number of halogens is 1. The van der Waals surface area contributed by atoms with Gasteiger partial charge in [0, 0.05) is 4.47 Å². The lowest BCUT2D eigenvalue weighted by molar-refractivity contribution is -0.146. The van der Waals surface area contributed by atoms with Crippen LogP contribution in [0.25, 0.3) is 0 Å². The normalized spacial score (nSPS) is 22.5. The van der Waals surface area contributed by atoms with Crippen LogP contribution in [0, 0.1) is 0 Å². The van der Waals surface area contributed by atoms with E-state index in [-0.39, 0.29) is 5.97 Å². The van der Waals surface area contributed by atoms with Crippen molar-refractivity contribution in [3.63, 3.8) is 0 Å². The van der Waals surface area contributed by atoms with Gasteiger partial charge in [0.15, 0.2) is 0 Å². The van der Waals surface area contributed by atoms with Crippen LogP contribution in [-0.4, -0.2) is 18.6 Å². The number of anilines is 1. The molecule has 0 aromatic heterocycles. The van der Waals surface area contributed by atoms with Crippen molar-refractivity contribution in [2.75, 3.05) is 12.4 Å². The van der Waals surface area contributed by atoms with Crippen LogP contribution in [0.3, 0.4) is 0 Å². The maximum atomic E-state index is 11.9. The highest BCUT2D eigenvalue weighted by Crippen LogP contribution is 2.37. The molecular weight excluding hydrogens is 282 g/mol. The van der Waals surface area contributed by atoms with Crippen molar-refractivity contribution in [3.05, 3.63) is 28.2 Å². The Morgan fingerprint density at radius 2 is 2.35 bits per heavy atom. The fraction of sp³-hybridized carbons (Fsp3) is 0.462. The minimum atomic E-state index is -0.578. The lowest BCUT2D eigenvalue weighted by atomic mass is 9.84. The predicted molar refractivity (Wildman–Crippen MR) is 71.1 cm³/mol. The lowest BCUT2D eigenvalue weighted by Crippen LogP contribution is -2.49. The van der Waals surface area contributed by atoms with E-state index in [1.165, 1.54) is 12.7 Å². The molecule has 0 amide bonds. The summed E-state index contributed by atoms with van der Waals surface area (Å²) in [5.74, 6) is -0.179. The van der Waals surface area contributed by atoms with Crippen LogP contribution in [0.5, 0.6) is 0 Å². The number of rotatable bonds is 2. The molecule has 1 aliphatic heterocycles. The van der Waals surface area contributed by atoms with Crippen LogP contribution >= 0.6 is 15.9 Å². The first-order chi connectivity index (χ1) is 8.13. The second kappa shape index (κ2) is 4.69. The summed E-state index contributed by atoms with van der Waals surface area (Å²) in [6.07, 6.45) is 2.39. The highest BCUT2D eigenvalue weighted by atomic mass is 79.9. The van der Waals surface area contributed by atoms with Crippen molar-refractivity contribution in [2.45, 2.75) is 31.7 Å². The molecule has 1 unspecified atom stereocenters. The monoisotopic (exact) mass is 297 g/mol. The molecule has 4 heteroatoms. The van der Waals surface area contributed by atoms with Gasteiger partial charge in [0.05, 0.1) is 12.8 Å². The summed E-state index contributed by atoms with van der Waals surface area (Å²) in [5, 5.41) is 3.36. The van der Waals surface area contributed by atoms with Gasteiger partial charge in [-0.3, -0.25) is 0 Å². The second-order valence-corrected chi connectivity index (χ2v) is 5.18. The molecular formula is C13H16BrNO2. The molecule has 17 heavy (non-hydrogen) atoms. The molecule has 0 aliphatic carbocycles. The standard InChI is InChI=1S/C13H16BrNO2/c1-3-13(12(16)17-2)8-7-9-5-4-6-10(14)11(9)15-13/h4-6,15H,3,7-8H2,1-2H3. The minimum Gasteiger partial charge on any atom is -0.467 e. The first kappa shape index (κ1) is 12.4. The van der Waals surface area contributed by atoms with Crippen LogP contribution in [0.1, 0.15) is 25.3 Å². The average Bonchev–Trinajstić information content (AvgIpc) is 2.38. The fourth-order valence-electron chi connectivity index (χ4n) is 2.32. The Hall–Kier alpha value is -1.03. The van der Waals surface area contributed by atoms with Gasteiger partial charge in [-0.1, -0.05) is 19.1 Å². The molecule has 1 N–H and O–H groups in total. The average molecular weight is 298 g/mol. The van der Waals surface area contributed by atoms with E-state index in [2.05, 4.69) is 27.3 Å². The number of nitrogens with one attached hydrogen (secondary N) is 1. The zero-order chi connectivity index (χ0) is 12.5. The van der Waals surface area contributed by atoms with E-state index in [4.69, 9.17) is 4.74 Å². The summed E-state index contributed by atoms with van der Waals surface area (Å²) in [7, 11) is 1.44. The number of para-hydroxylation sites is 1. The van der Waals surface area contributed by atoms with Crippen molar-refractivity contribution < 1.29 is 9.53 Å². The first-order valence-corrected chi connectivity index (χ1v) is 6.56. The van der Waals surface area contributed by atoms with E-state index in [9.17, 15) is 4.79 Å². The van der Waals surface area contributed by atoms with Crippen LogP contribution in [0.4, 0.5) is 5.69 Å². The molecule has 0 saturated heterocycles. The Morgan fingerprint density at radius 1 is 1.59 bits per heavy atom. The number of hydrogen-bond acceptors (Lipinski definition) is 3. The van der Waals surface area contributed by atoms with E-state index < -0.39 is 5.54 Å². The Morgan fingerprint density at radius 3 is 3.00 bits per heavy atom. The van der Waals surface area contributed by atoms with Gasteiger partial charge < -0.3 is 10.1 Å². The van der Waals surface area contributed by atoms with E-state index in [0.717, 1.165) is 29.4 Å². The molecule has 0 radical (unpaired) electrons. The molecule has 0 saturated carbocycles. The van der Waals surface area contributed by atoms with Gasteiger partial charge in [0.1, 0.15) is 5.54 Å². The fourth-order valence-corrected chi connectivity index (χ4v) is 2.83. The molecule has 92 valence electrons. The quantitative estimate of drug-likeness (QED) is 0.853. The molecule has 1 aromatic carbocycles. The van der Waals surface area contributed by atoms with Gasteiger partial charge in [-0.25, -0.2) is 4.79 Å². The lowest BCUT2D eigenvalue weighted by Gasteiger charge is -2.37. The molecule has 0 bridgehead atoms. The van der Waals surface area contributed by atoms with Crippen molar-refractivity contribution >= 4 is 27.6 Å². The number of benzene rings is 1. The third-order valence-corrected chi connectivity index (χ3v) is 4.13. The van der Waals surface area contributed by atoms with E-state index in [0.29, 0.717) is 0 Å². The molecule has 1 aromatic rings. The summed E-state index contributed by atoms with van der Waals surface area (Å²) < 4.78 is 5.92. The first-order valence-electron chi connectivity index (χ1n) is 5.77. The smallest absolute Gasteiger partial charge is 0.331 e. The predicted octanol–water partition coefficient (Wildman–Crippen LogP) is 3.13. The van der Waals surface area contributed by atoms with Gasteiger partial charge >= 0.3 is 5.97 Å². The van der Waals surface area contributed by atoms with E-state index in [1.807, 2.05) is 19.1 Å². The van der Waals surface area contributed by atoms with Gasteiger partial charge in [0.25, 0.3) is 0 Å². The van der Waals surface area contributed by atoms with Crippen molar-refractivity contribution in [3.8, 4) is 0 Å². The molecule has 0 fully saturated rings. The van der Waals surface area contributed by atoms with E-state index >= 15 is 0 Å². The number of aryl methyl sites for hydroxylation is 1. The molecule has 0 spiro atoms. The van der Waals surface area contributed by atoms with Gasteiger partial charge in [-0.05, 0) is 46.8 Å². The zero-order valence-corrected chi connectivity index (χ0v) is 11.6. The maximum absolute atomic E-state index is 11.9. The summed E-state index contributed by atoms with van der Waals surface area (Å²) >= 11 is 3.52. The molecule has 3 nitrogen and oxygen atoms in total. The maximum Gasteiger partial charge on any atom is 0.331 e. The Balaban J connectivity index is 2.39. The zero-order valence-electron chi connectivity index (χ0n) is 10.0. The van der Waals surface area contributed by atoms with Crippen molar-refractivity contribution in [1.29, 1.82) is 0 Å². The van der Waals surface area contributed by atoms with Gasteiger partial charge in [-0.2, -0.15) is 0 Å². The second-order valence-electron chi connectivity index (χ2n) is 4.33. The molecule has 1 atom stereocenters. The number of hydrogen-bond donors (Lipinski definition) is 1. The minimum absolute atomic E-state index is 0.179. The largest absolute Gasteiger partial charge is 0.467 e. The summed E-state index contributed by atoms with van der Waals surface area (Å²) in [6.45, 7) is 2.01. The highest BCUT2D eigenvalue weighted by Gasteiger charge is 2.40. The van der Waals surface area contributed by atoms with Crippen molar-refractivity contribution in [1.82, 2.24) is 0 Å². The molecule has 2 rings (SSSR count). The summed E-state index contributed by atoms with van der Waals surface area (Å²) in [6, 6.07) is 6.08. The van der Waals surface area contributed by atoms with Crippen LogP contribution in [-0.2, 0) is 16.0 Å². The molecule has 1 aliphatic rings. The number of methoxy groups -OCH3 is 1. The summed E-state index contributed by atoms with van der Waals surface area (Å²) in [5.41, 5.74) is 1.68. The van der Waals surface area contributed by atoms with Crippen LogP contribution in [0.2, 0.25) is 0 Å². The number of fused-ring (bicyclic) bond motifs is 1.